The lowest BCUT2D eigenvalue weighted by atomic mass is 10.0. The van der Waals surface area contributed by atoms with Crippen LogP contribution in [0.1, 0.15) is 27.0 Å². The van der Waals surface area contributed by atoms with Gasteiger partial charge in [-0.15, -0.1) is 0 Å². The molecule has 0 unspecified atom stereocenters. The maximum atomic E-state index is 12.8. The number of ketones is 1. The van der Waals surface area contributed by atoms with Gasteiger partial charge in [0.25, 0.3) is 0 Å². The summed E-state index contributed by atoms with van der Waals surface area (Å²) >= 11 is 17.9. The molecule has 0 saturated carbocycles. The van der Waals surface area contributed by atoms with Crippen molar-refractivity contribution in [3.63, 3.8) is 0 Å². The highest BCUT2D eigenvalue weighted by molar-refractivity contribution is 6.42. The lowest BCUT2D eigenvalue weighted by molar-refractivity contribution is 0.101. The van der Waals surface area contributed by atoms with Crippen LogP contribution in [0.15, 0.2) is 60.4 Å². The number of Topliss-reactive ketones (excluding diaryl/α,β-unsaturated/α-hetero) is 1. The van der Waals surface area contributed by atoms with Crippen molar-refractivity contribution in [3.05, 3.63) is 97.7 Å². The van der Waals surface area contributed by atoms with Gasteiger partial charge >= 0.3 is 0 Å². The zero-order chi connectivity index (χ0) is 20.5. The first kappa shape index (κ1) is 19.8. The third kappa shape index (κ3) is 4.27. The third-order valence-electron chi connectivity index (χ3n) is 4.50. The number of rotatable bonds is 4. The van der Waals surface area contributed by atoms with Crippen molar-refractivity contribution < 1.29 is 14.3 Å². The average Bonchev–Trinajstić information content (AvgIpc) is 3.00. The van der Waals surface area contributed by atoms with Gasteiger partial charge in [-0.3, -0.25) is 4.79 Å². The quantitative estimate of drug-likeness (QED) is 0.400. The number of allylic oxidation sites excluding steroid dienone is 1. The molecular formula is C23H15Cl3O3. The van der Waals surface area contributed by atoms with Gasteiger partial charge < -0.3 is 9.47 Å². The van der Waals surface area contributed by atoms with Gasteiger partial charge in [0.2, 0.25) is 5.78 Å². The van der Waals surface area contributed by atoms with E-state index in [0.717, 1.165) is 16.7 Å². The van der Waals surface area contributed by atoms with Crippen LogP contribution in [0.4, 0.5) is 0 Å². The van der Waals surface area contributed by atoms with Crippen molar-refractivity contribution in [2.24, 2.45) is 0 Å². The molecule has 1 aliphatic heterocycles. The molecule has 1 aliphatic rings. The maximum Gasteiger partial charge on any atom is 0.232 e. The summed E-state index contributed by atoms with van der Waals surface area (Å²) in [6.07, 6.45) is 1.70. The Balaban J connectivity index is 1.55. The second-order valence-electron chi connectivity index (χ2n) is 6.64. The van der Waals surface area contributed by atoms with E-state index in [1.807, 2.05) is 31.2 Å². The summed E-state index contributed by atoms with van der Waals surface area (Å²) in [5.41, 5.74) is 3.06. The first-order valence-corrected chi connectivity index (χ1v) is 9.95. The van der Waals surface area contributed by atoms with Crippen LogP contribution in [0.3, 0.4) is 0 Å². The van der Waals surface area contributed by atoms with Crippen molar-refractivity contribution in [3.8, 4) is 11.5 Å². The van der Waals surface area contributed by atoms with Gasteiger partial charge in [0.1, 0.15) is 18.1 Å². The Labute approximate surface area is 183 Å². The second-order valence-corrected chi connectivity index (χ2v) is 7.89. The normalized spacial score (nSPS) is 14.1. The minimum absolute atomic E-state index is 0.150. The third-order valence-corrected chi connectivity index (χ3v) is 5.49. The predicted molar refractivity (Wildman–Crippen MR) is 116 cm³/mol. The van der Waals surface area contributed by atoms with Gasteiger partial charge in [-0.1, -0.05) is 53.0 Å². The number of aryl methyl sites for hydroxylation is 1. The Morgan fingerprint density at radius 3 is 2.45 bits per heavy atom. The molecule has 6 heteroatoms. The molecule has 0 aromatic heterocycles. The molecule has 3 nitrogen and oxygen atoms in total. The Hall–Kier alpha value is -2.46. The van der Waals surface area contributed by atoms with Crippen LogP contribution in [0.5, 0.6) is 11.5 Å². The van der Waals surface area contributed by atoms with Crippen molar-refractivity contribution in [2.45, 2.75) is 13.5 Å². The SMILES string of the molecule is Cc1cc(OCc2ccc(Cl)c(Cl)c2)cc2c1C(=O)/C(=C/c1ccc(Cl)cc1)O2. The van der Waals surface area contributed by atoms with E-state index in [0.29, 0.717) is 38.7 Å². The summed E-state index contributed by atoms with van der Waals surface area (Å²) in [6, 6.07) is 16.1. The molecule has 0 atom stereocenters. The van der Waals surface area contributed by atoms with E-state index in [2.05, 4.69) is 0 Å². The number of carbonyl (C=O) groups is 1. The summed E-state index contributed by atoms with van der Waals surface area (Å²) < 4.78 is 11.7. The number of hydrogen-bond acceptors (Lipinski definition) is 3. The Morgan fingerprint density at radius 1 is 0.966 bits per heavy atom. The Bertz CT molecular complexity index is 1130. The van der Waals surface area contributed by atoms with Crippen molar-refractivity contribution in [1.29, 1.82) is 0 Å². The van der Waals surface area contributed by atoms with Gasteiger partial charge in [0.15, 0.2) is 5.76 Å². The number of hydrogen-bond donors (Lipinski definition) is 0. The van der Waals surface area contributed by atoms with Crippen molar-refractivity contribution in [1.82, 2.24) is 0 Å². The zero-order valence-corrected chi connectivity index (χ0v) is 17.6. The minimum Gasteiger partial charge on any atom is -0.489 e. The molecule has 3 aromatic carbocycles. The molecule has 0 aliphatic carbocycles. The highest BCUT2D eigenvalue weighted by Gasteiger charge is 2.30. The standard InChI is InChI=1S/C23H15Cl3O3/c1-13-8-17(28-12-15-4-7-18(25)19(26)9-15)11-20-22(13)23(27)21(29-20)10-14-2-5-16(24)6-3-14/h2-11H,12H2,1H3/b21-10-. The molecule has 0 fully saturated rings. The Morgan fingerprint density at radius 2 is 1.72 bits per heavy atom. The molecule has 0 saturated heterocycles. The van der Waals surface area contributed by atoms with E-state index in [4.69, 9.17) is 44.3 Å². The Kier molecular flexibility index (Phi) is 5.55. The van der Waals surface area contributed by atoms with Crippen molar-refractivity contribution >= 4 is 46.7 Å². The molecular weight excluding hydrogens is 431 g/mol. The summed E-state index contributed by atoms with van der Waals surface area (Å²) in [6.45, 7) is 2.17. The van der Waals surface area contributed by atoms with Crippen LogP contribution in [0.2, 0.25) is 15.1 Å². The summed E-state index contributed by atoms with van der Waals surface area (Å²) in [4.78, 5) is 12.8. The van der Waals surface area contributed by atoms with Crippen LogP contribution >= 0.6 is 34.8 Å². The van der Waals surface area contributed by atoms with Gasteiger partial charge in [-0.25, -0.2) is 0 Å². The number of carbonyl (C=O) groups excluding carboxylic acids is 1. The number of benzene rings is 3. The van der Waals surface area contributed by atoms with E-state index in [9.17, 15) is 4.79 Å². The van der Waals surface area contributed by atoms with Crippen LogP contribution in [0, 0.1) is 6.92 Å². The fraction of sp³-hybridized carbons (Fsp3) is 0.0870. The highest BCUT2D eigenvalue weighted by Crippen LogP contribution is 2.38. The molecule has 4 rings (SSSR count). The topological polar surface area (TPSA) is 35.5 Å². The minimum atomic E-state index is -0.150. The lowest BCUT2D eigenvalue weighted by Gasteiger charge is -2.10. The monoisotopic (exact) mass is 444 g/mol. The first-order chi connectivity index (χ1) is 13.9. The molecule has 29 heavy (non-hydrogen) atoms. The smallest absolute Gasteiger partial charge is 0.232 e. The van der Waals surface area contributed by atoms with E-state index in [1.54, 1.807) is 36.4 Å². The zero-order valence-electron chi connectivity index (χ0n) is 15.3. The first-order valence-electron chi connectivity index (χ1n) is 8.82. The molecule has 3 aromatic rings. The number of halogens is 3. The van der Waals surface area contributed by atoms with Gasteiger partial charge in [-0.2, -0.15) is 0 Å². The van der Waals surface area contributed by atoms with E-state index >= 15 is 0 Å². The molecule has 0 amide bonds. The molecule has 0 radical (unpaired) electrons. The second kappa shape index (κ2) is 8.11. The predicted octanol–water partition coefficient (Wildman–Crippen LogP) is 7.15. The number of fused-ring (bicyclic) bond motifs is 1. The van der Waals surface area contributed by atoms with Crippen LogP contribution in [0.25, 0.3) is 6.08 Å². The summed E-state index contributed by atoms with van der Waals surface area (Å²) in [5, 5.41) is 1.60. The molecule has 1 heterocycles. The maximum absolute atomic E-state index is 12.8. The summed E-state index contributed by atoms with van der Waals surface area (Å²) in [7, 11) is 0. The molecule has 0 spiro atoms. The lowest BCUT2D eigenvalue weighted by Crippen LogP contribution is -2.00. The van der Waals surface area contributed by atoms with Crippen molar-refractivity contribution in [2.75, 3.05) is 0 Å². The van der Waals surface area contributed by atoms with Gasteiger partial charge in [0.05, 0.1) is 15.6 Å². The van der Waals surface area contributed by atoms with Crippen LogP contribution in [-0.2, 0) is 6.61 Å². The average molecular weight is 446 g/mol. The van der Waals surface area contributed by atoms with Gasteiger partial charge in [-0.05, 0) is 60.0 Å². The largest absolute Gasteiger partial charge is 0.489 e. The molecule has 146 valence electrons. The van der Waals surface area contributed by atoms with Gasteiger partial charge in [0, 0.05) is 11.1 Å². The van der Waals surface area contributed by atoms with E-state index < -0.39 is 0 Å². The van der Waals surface area contributed by atoms with E-state index in [-0.39, 0.29) is 11.5 Å². The van der Waals surface area contributed by atoms with E-state index in [1.165, 1.54) is 0 Å². The van der Waals surface area contributed by atoms with Crippen LogP contribution < -0.4 is 9.47 Å². The van der Waals surface area contributed by atoms with Crippen LogP contribution in [-0.4, -0.2) is 5.78 Å². The molecule has 0 N–H and O–H groups in total. The fourth-order valence-corrected chi connectivity index (χ4v) is 3.51. The summed E-state index contributed by atoms with van der Waals surface area (Å²) in [5.74, 6) is 1.21. The fourth-order valence-electron chi connectivity index (χ4n) is 3.07. The highest BCUT2D eigenvalue weighted by atomic mass is 35.5. The molecule has 0 bridgehead atoms. The number of ether oxygens (including phenoxy) is 2.